The Morgan fingerprint density at radius 2 is 1.92 bits per heavy atom. The molecule has 1 aromatic carbocycles. The second-order valence-corrected chi connectivity index (χ2v) is 7.89. The predicted molar refractivity (Wildman–Crippen MR) is 100 cm³/mol. The predicted octanol–water partition coefficient (Wildman–Crippen LogP) is 4.77. The van der Waals surface area contributed by atoms with E-state index in [2.05, 4.69) is 0 Å². The van der Waals surface area contributed by atoms with Crippen LogP contribution in [0.2, 0.25) is 0 Å². The summed E-state index contributed by atoms with van der Waals surface area (Å²) >= 11 is 1.57. The van der Waals surface area contributed by atoms with Crippen LogP contribution in [0.1, 0.15) is 31.1 Å². The number of nitrogens with zero attached hydrogens (tertiary/aromatic N) is 1. The van der Waals surface area contributed by atoms with Gasteiger partial charge in [0.2, 0.25) is 7.58 Å². The number of rotatable bonds is 12. The molecule has 1 rings (SSSR count). The molecular formula is C16H22NO6PS. The van der Waals surface area contributed by atoms with Gasteiger partial charge in [0.1, 0.15) is 12.4 Å². The second-order valence-electron chi connectivity index (χ2n) is 4.67. The van der Waals surface area contributed by atoms with Crippen molar-refractivity contribution >= 4 is 30.4 Å². The van der Waals surface area contributed by atoms with E-state index in [1.807, 2.05) is 26.0 Å². The average molecular weight is 387 g/mol. The number of benzene rings is 1. The van der Waals surface area contributed by atoms with Gasteiger partial charge < -0.3 is 13.8 Å². The summed E-state index contributed by atoms with van der Waals surface area (Å²) in [6.45, 7) is 6.67. The molecule has 25 heavy (non-hydrogen) atoms. The van der Waals surface area contributed by atoms with Crippen LogP contribution < -0.4 is 4.74 Å². The molecule has 0 saturated heterocycles. The summed E-state index contributed by atoms with van der Waals surface area (Å²) < 4.78 is 16.4. The Kier molecular flexibility index (Phi) is 10.3. The lowest BCUT2D eigenvalue weighted by atomic mass is 10.1. The summed E-state index contributed by atoms with van der Waals surface area (Å²) in [6.07, 6.45) is 3.73. The maximum atomic E-state index is 11.4. The van der Waals surface area contributed by atoms with Gasteiger partial charge in [0, 0.05) is 17.4 Å². The minimum atomic E-state index is -0.937. The Morgan fingerprint density at radius 3 is 2.48 bits per heavy atom. The van der Waals surface area contributed by atoms with Crippen LogP contribution >= 0.6 is 19.0 Å². The molecule has 9 heteroatoms. The Hall–Kier alpha value is -1.47. The topological polar surface area (TPSA) is 87.9 Å². The van der Waals surface area contributed by atoms with Crippen molar-refractivity contribution in [3.8, 4) is 5.75 Å². The Morgan fingerprint density at radius 1 is 1.24 bits per heavy atom. The van der Waals surface area contributed by atoms with E-state index in [1.165, 1.54) is 25.1 Å². The second kappa shape index (κ2) is 12.0. The number of Topliss-reactive ketones (excluding diaryl/α,β-unsaturated/α-hetero) is 1. The number of carbonyl (C=O) groups is 1. The molecule has 0 unspecified atom stereocenters. The lowest BCUT2D eigenvalue weighted by Crippen LogP contribution is -1.99. The van der Waals surface area contributed by atoms with Crippen molar-refractivity contribution in [1.82, 2.24) is 0 Å². The highest BCUT2D eigenvalue weighted by Crippen LogP contribution is 2.51. The van der Waals surface area contributed by atoms with Crippen molar-refractivity contribution in [3.05, 3.63) is 46.0 Å². The third-order valence-electron chi connectivity index (χ3n) is 2.77. The van der Waals surface area contributed by atoms with Crippen LogP contribution in [0.5, 0.6) is 5.75 Å². The zero-order chi connectivity index (χ0) is 18.7. The van der Waals surface area contributed by atoms with Crippen molar-refractivity contribution in [2.24, 2.45) is 0 Å². The van der Waals surface area contributed by atoms with Gasteiger partial charge in [-0.2, -0.15) is 0 Å². The maximum absolute atomic E-state index is 11.4. The molecule has 0 aromatic heterocycles. The maximum Gasteiger partial charge on any atom is 0.273 e. The highest BCUT2D eigenvalue weighted by Gasteiger charge is 2.13. The van der Waals surface area contributed by atoms with Crippen molar-refractivity contribution < 1.29 is 23.5 Å². The molecule has 0 aliphatic carbocycles. The van der Waals surface area contributed by atoms with Gasteiger partial charge in [0.05, 0.1) is 24.2 Å². The molecule has 0 atom stereocenters. The normalized spacial score (nSPS) is 11.2. The van der Waals surface area contributed by atoms with E-state index < -0.39 is 12.5 Å². The molecule has 0 amide bonds. The first-order chi connectivity index (χ1) is 12.0. The zero-order valence-corrected chi connectivity index (χ0v) is 16.2. The summed E-state index contributed by atoms with van der Waals surface area (Å²) in [4.78, 5) is 21.8. The third-order valence-corrected chi connectivity index (χ3v) is 5.97. The van der Waals surface area contributed by atoms with Gasteiger partial charge in [0.25, 0.3) is 5.69 Å². The van der Waals surface area contributed by atoms with Gasteiger partial charge in [-0.25, -0.2) is 0 Å². The van der Waals surface area contributed by atoms with Crippen molar-refractivity contribution in [2.75, 3.05) is 25.6 Å². The standard InChI is InChI=1S/C16H22NO6PS/c1-4-22-24(23-5-2)25-9-7-6-8-21-16-11-14(13(3)18)10-15(12-16)17(19)20/h6-7,10-12H,4-5,8-9H2,1-3H3/b7-6+. The largest absolute Gasteiger partial charge is 0.489 e. The summed E-state index contributed by atoms with van der Waals surface area (Å²) in [5.41, 5.74) is 0.0871. The number of ketones is 1. The third kappa shape index (κ3) is 8.45. The van der Waals surface area contributed by atoms with Crippen molar-refractivity contribution in [1.29, 1.82) is 0 Å². The first-order valence-corrected chi connectivity index (χ1v) is 10.5. The van der Waals surface area contributed by atoms with E-state index >= 15 is 0 Å². The van der Waals surface area contributed by atoms with Gasteiger partial charge in [-0.3, -0.25) is 14.9 Å². The molecule has 0 heterocycles. The number of carbonyl (C=O) groups excluding carboxylic acids is 1. The van der Waals surface area contributed by atoms with Crippen LogP contribution in [0.3, 0.4) is 0 Å². The van der Waals surface area contributed by atoms with Crippen LogP contribution in [0.4, 0.5) is 5.69 Å². The SMILES string of the molecule is CCOP(OCC)SC/C=C/COc1cc(C(C)=O)cc([N+](=O)[O-])c1. The minimum Gasteiger partial charge on any atom is -0.489 e. The molecule has 0 spiro atoms. The van der Waals surface area contributed by atoms with Gasteiger partial charge in [-0.05, 0) is 26.8 Å². The number of non-ortho nitro benzene ring substituents is 1. The molecule has 138 valence electrons. The van der Waals surface area contributed by atoms with E-state index in [-0.39, 0.29) is 23.6 Å². The van der Waals surface area contributed by atoms with E-state index in [9.17, 15) is 14.9 Å². The van der Waals surface area contributed by atoms with Crippen LogP contribution in [-0.2, 0) is 9.05 Å². The van der Waals surface area contributed by atoms with Crippen LogP contribution in [0, 0.1) is 10.1 Å². The van der Waals surface area contributed by atoms with E-state index in [1.54, 1.807) is 11.4 Å². The number of hydrogen-bond acceptors (Lipinski definition) is 7. The average Bonchev–Trinajstić information content (AvgIpc) is 2.57. The minimum absolute atomic E-state index is 0.165. The molecule has 0 saturated carbocycles. The molecule has 0 bridgehead atoms. The highest BCUT2D eigenvalue weighted by atomic mass is 32.7. The fourth-order valence-corrected chi connectivity index (χ4v) is 4.37. The fraction of sp³-hybridized carbons (Fsp3) is 0.438. The van der Waals surface area contributed by atoms with Crippen LogP contribution in [-0.4, -0.2) is 36.3 Å². The highest BCUT2D eigenvalue weighted by molar-refractivity contribution is 8.52. The number of hydrogen-bond donors (Lipinski definition) is 0. The van der Waals surface area contributed by atoms with Gasteiger partial charge in [0.15, 0.2) is 5.78 Å². The lowest BCUT2D eigenvalue weighted by molar-refractivity contribution is -0.385. The molecule has 0 radical (unpaired) electrons. The van der Waals surface area contributed by atoms with Crippen molar-refractivity contribution in [3.63, 3.8) is 0 Å². The van der Waals surface area contributed by atoms with Crippen LogP contribution in [0.25, 0.3) is 0 Å². The lowest BCUT2D eigenvalue weighted by Gasteiger charge is -2.13. The quantitative estimate of drug-likeness (QED) is 0.168. The van der Waals surface area contributed by atoms with Gasteiger partial charge in [-0.1, -0.05) is 23.5 Å². The molecule has 0 fully saturated rings. The van der Waals surface area contributed by atoms with E-state index in [4.69, 9.17) is 13.8 Å². The first-order valence-electron chi connectivity index (χ1n) is 7.75. The van der Waals surface area contributed by atoms with E-state index in [0.717, 1.165) is 0 Å². The van der Waals surface area contributed by atoms with Gasteiger partial charge >= 0.3 is 0 Å². The number of nitro benzene ring substituents is 1. The summed E-state index contributed by atoms with van der Waals surface area (Å²) in [6, 6.07) is 4.05. The number of nitro groups is 1. The molecule has 1 aromatic rings. The first kappa shape index (κ1) is 21.6. The molecule has 7 nitrogen and oxygen atoms in total. The van der Waals surface area contributed by atoms with Gasteiger partial charge in [-0.15, -0.1) is 0 Å². The fourth-order valence-electron chi connectivity index (χ4n) is 1.68. The molecule has 0 N–H and O–H groups in total. The molecular weight excluding hydrogens is 365 g/mol. The monoisotopic (exact) mass is 387 g/mol. The summed E-state index contributed by atoms with van der Waals surface area (Å²) in [5, 5.41) is 10.9. The Balaban J connectivity index is 2.52. The van der Waals surface area contributed by atoms with E-state index in [0.29, 0.717) is 24.7 Å². The zero-order valence-electron chi connectivity index (χ0n) is 14.5. The Labute approximate surface area is 152 Å². The van der Waals surface area contributed by atoms with Crippen LogP contribution in [0.15, 0.2) is 30.4 Å². The molecule has 0 aliphatic rings. The smallest absolute Gasteiger partial charge is 0.273 e. The van der Waals surface area contributed by atoms with Crippen molar-refractivity contribution in [2.45, 2.75) is 20.8 Å². The Bertz CT molecular complexity index is 572. The number of ether oxygens (including phenoxy) is 1. The summed E-state index contributed by atoms with van der Waals surface area (Å²) in [7, 11) is -0.937. The molecule has 0 aliphatic heterocycles. The summed E-state index contributed by atoms with van der Waals surface area (Å²) in [5.74, 6) is 0.756.